The Morgan fingerprint density at radius 2 is 1.77 bits per heavy atom. The highest BCUT2D eigenvalue weighted by molar-refractivity contribution is 7.92. The van der Waals surface area contributed by atoms with Gasteiger partial charge in [-0.1, -0.05) is 18.2 Å². The van der Waals surface area contributed by atoms with Crippen molar-refractivity contribution < 1.29 is 22.3 Å². The van der Waals surface area contributed by atoms with E-state index in [0.717, 1.165) is 24.3 Å². The molecule has 0 bridgehead atoms. The maximum Gasteiger partial charge on any atom is 0.261 e. The number of rotatable bonds is 8. The minimum Gasteiger partial charge on any atom is -0.475 e. The van der Waals surface area contributed by atoms with Crippen LogP contribution in [0.5, 0.6) is 5.88 Å². The number of pyridine rings is 1. The van der Waals surface area contributed by atoms with Crippen LogP contribution in [0.2, 0.25) is 0 Å². The molecule has 0 aliphatic carbocycles. The molecule has 0 radical (unpaired) electrons. The Morgan fingerprint density at radius 3 is 2.48 bits per heavy atom. The first-order valence-corrected chi connectivity index (χ1v) is 11.0. The lowest BCUT2D eigenvalue weighted by atomic mass is 10.1. The molecule has 2 N–H and O–H groups in total. The number of aromatic nitrogens is 1. The largest absolute Gasteiger partial charge is 0.475 e. The first kappa shape index (κ1) is 22.2. The zero-order valence-corrected chi connectivity index (χ0v) is 17.8. The van der Waals surface area contributed by atoms with Crippen molar-refractivity contribution >= 4 is 21.6 Å². The first-order chi connectivity index (χ1) is 14.8. The second-order valence-electron chi connectivity index (χ2n) is 6.92. The summed E-state index contributed by atoms with van der Waals surface area (Å²) in [5.41, 5.74) is 0.937. The van der Waals surface area contributed by atoms with Crippen LogP contribution < -0.4 is 14.8 Å². The van der Waals surface area contributed by atoms with Gasteiger partial charge in [-0.25, -0.2) is 17.8 Å². The van der Waals surface area contributed by atoms with Gasteiger partial charge >= 0.3 is 0 Å². The number of nitrogens with zero attached hydrogens (tertiary/aromatic N) is 1. The van der Waals surface area contributed by atoms with Gasteiger partial charge in [-0.2, -0.15) is 0 Å². The molecule has 0 saturated carbocycles. The zero-order valence-electron chi connectivity index (χ0n) is 17.0. The Bertz CT molecular complexity index is 1170. The van der Waals surface area contributed by atoms with Gasteiger partial charge < -0.3 is 10.1 Å². The number of halogens is 1. The molecular formula is C22H22FN3O4S. The van der Waals surface area contributed by atoms with E-state index >= 15 is 0 Å². The SMILES string of the molecule is CC(C)Oc1ncccc1CNC(=O)c1ccccc1NS(=O)(=O)c1ccc(F)cc1. The summed E-state index contributed by atoms with van der Waals surface area (Å²) in [5.74, 6) is -0.602. The third-order valence-electron chi connectivity index (χ3n) is 4.18. The molecule has 9 heteroatoms. The number of carbonyl (C=O) groups excluding carboxylic acids is 1. The van der Waals surface area contributed by atoms with Crippen molar-refractivity contribution in [3.8, 4) is 5.88 Å². The normalized spacial score (nSPS) is 11.2. The Morgan fingerprint density at radius 1 is 1.06 bits per heavy atom. The summed E-state index contributed by atoms with van der Waals surface area (Å²) in [6.07, 6.45) is 1.52. The average molecular weight is 444 g/mol. The van der Waals surface area contributed by atoms with E-state index in [4.69, 9.17) is 4.74 Å². The number of sulfonamides is 1. The highest BCUT2D eigenvalue weighted by Gasteiger charge is 2.19. The molecule has 2 aromatic carbocycles. The minimum absolute atomic E-state index is 0.0778. The van der Waals surface area contributed by atoms with E-state index in [-0.39, 0.29) is 28.8 Å². The standard InChI is InChI=1S/C22H22FN3O4S/c1-15(2)30-22-16(6-5-13-24-22)14-25-21(27)19-7-3-4-8-20(19)26-31(28,29)18-11-9-17(23)10-12-18/h3-13,15,26H,14H2,1-2H3,(H,25,27). The number of nitrogens with one attached hydrogen (secondary N) is 2. The molecule has 1 heterocycles. The Kier molecular flexibility index (Phi) is 6.86. The molecule has 0 saturated heterocycles. The fourth-order valence-electron chi connectivity index (χ4n) is 2.75. The number of benzene rings is 2. The van der Waals surface area contributed by atoms with Gasteiger partial charge in [0.2, 0.25) is 5.88 Å². The fourth-order valence-corrected chi connectivity index (χ4v) is 3.83. The molecule has 3 rings (SSSR count). The van der Waals surface area contributed by atoms with Crippen molar-refractivity contribution in [2.24, 2.45) is 0 Å². The number of hydrogen-bond donors (Lipinski definition) is 2. The molecule has 0 spiro atoms. The monoisotopic (exact) mass is 443 g/mol. The van der Waals surface area contributed by atoms with Gasteiger partial charge in [-0.3, -0.25) is 9.52 Å². The second-order valence-corrected chi connectivity index (χ2v) is 8.60. The third-order valence-corrected chi connectivity index (χ3v) is 5.56. The van der Waals surface area contributed by atoms with Crippen molar-refractivity contribution in [2.75, 3.05) is 4.72 Å². The molecule has 7 nitrogen and oxygen atoms in total. The van der Waals surface area contributed by atoms with Crippen LogP contribution in [0.4, 0.5) is 10.1 Å². The summed E-state index contributed by atoms with van der Waals surface area (Å²) < 4.78 is 46.4. The molecule has 0 fully saturated rings. The highest BCUT2D eigenvalue weighted by atomic mass is 32.2. The maximum atomic E-state index is 13.1. The van der Waals surface area contributed by atoms with Crippen LogP contribution in [0.15, 0.2) is 71.8 Å². The number of carbonyl (C=O) groups is 1. The molecule has 0 unspecified atom stereocenters. The average Bonchev–Trinajstić information content (AvgIpc) is 2.73. The molecule has 1 aromatic heterocycles. The lowest BCUT2D eigenvalue weighted by molar-refractivity contribution is 0.0951. The third kappa shape index (κ3) is 5.79. The first-order valence-electron chi connectivity index (χ1n) is 9.52. The van der Waals surface area contributed by atoms with Gasteiger partial charge in [0.15, 0.2) is 0 Å². The smallest absolute Gasteiger partial charge is 0.261 e. The van der Waals surface area contributed by atoms with E-state index in [2.05, 4.69) is 15.0 Å². The molecule has 0 aliphatic heterocycles. The van der Waals surface area contributed by atoms with Gasteiger partial charge in [0.05, 0.1) is 22.3 Å². The van der Waals surface area contributed by atoms with Crippen molar-refractivity contribution in [3.05, 3.63) is 83.8 Å². The molecule has 162 valence electrons. The van der Waals surface area contributed by atoms with Crippen LogP contribution >= 0.6 is 0 Å². The summed E-state index contributed by atoms with van der Waals surface area (Å²) in [4.78, 5) is 16.9. The lowest BCUT2D eigenvalue weighted by Gasteiger charge is -2.15. The Labute approximate surface area is 180 Å². The molecule has 0 atom stereocenters. The van der Waals surface area contributed by atoms with Gasteiger partial charge in [0.1, 0.15) is 5.82 Å². The predicted molar refractivity (Wildman–Crippen MR) is 115 cm³/mol. The predicted octanol–water partition coefficient (Wildman–Crippen LogP) is 3.74. The van der Waals surface area contributed by atoms with Crippen LogP contribution in [0.25, 0.3) is 0 Å². The molecule has 3 aromatic rings. The summed E-state index contributed by atoms with van der Waals surface area (Å²) in [5, 5.41) is 2.76. The van der Waals surface area contributed by atoms with Crippen LogP contribution in [0.1, 0.15) is 29.8 Å². The van der Waals surface area contributed by atoms with E-state index in [1.165, 1.54) is 12.1 Å². The van der Waals surface area contributed by atoms with Gasteiger partial charge in [0, 0.05) is 18.3 Å². The number of amides is 1. The lowest BCUT2D eigenvalue weighted by Crippen LogP contribution is -2.25. The number of anilines is 1. The van der Waals surface area contributed by atoms with E-state index in [1.54, 1.807) is 30.5 Å². The highest BCUT2D eigenvalue weighted by Crippen LogP contribution is 2.21. The van der Waals surface area contributed by atoms with Crippen LogP contribution in [-0.4, -0.2) is 25.4 Å². The quantitative estimate of drug-likeness (QED) is 0.553. The number of hydrogen-bond acceptors (Lipinski definition) is 5. The maximum absolute atomic E-state index is 13.1. The summed E-state index contributed by atoms with van der Waals surface area (Å²) in [6.45, 7) is 3.90. The van der Waals surface area contributed by atoms with E-state index < -0.39 is 21.7 Å². The topological polar surface area (TPSA) is 97.4 Å². The van der Waals surface area contributed by atoms with Crippen LogP contribution in [0, 0.1) is 5.82 Å². The molecule has 31 heavy (non-hydrogen) atoms. The molecular weight excluding hydrogens is 421 g/mol. The minimum atomic E-state index is -4.00. The van der Waals surface area contributed by atoms with Crippen molar-refractivity contribution in [3.63, 3.8) is 0 Å². The van der Waals surface area contributed by atoms with E-state index in [1.807, 2.05) is 13.8 Å². The van der Waals surface area contributed by atoms with Crippen molar-refractivity contribution in [1.82, 2.24) is 10.3 Å². The second kappa shape index (κ2) is 9.57. The summed E-state index contributed by atoms with van der Waals surface area (Å²) >= 11 is 0. The van der Waals surface area contributed by atoms with Crippen molar-refractivity contribution in [2.45, 2.75) is 31.4 Å². The Hall–Kier alpha value is -3.46. The van der Waals surface area contributed by atoms with Gasteiger partial charge in [0.25, 0.3) is 15.9 Å². The van der Waals surface area contributed by atoms with Crippen LogP contribution in [0.3, 0.4) is 0 Å². The Balaban J connectivity index is 1.77. The van der Waals surface area contributed by atoms with E-state index in [9.17, 15) is 17.6 Å². The number of para-hydroxylation sites is 1. The van der Waals surface area contributed by atoms with Crippen LogP contribution in [-0.2, 0) is 16.6 Å². The molecule has 0 aliphatic rings. The van der Waals surface area contributed by atoms with Gasteiger partial charge in [-0.05, 0) is 56.3 Å². The number of ether oxygens (including phenoxy) is 1. The zero-order chi connectivity index (χ0) is 22.4. The summed E-state index contributed by atoms with van der Waals surface area (Å²) in [7, 11) is -4.00. The van der Waals surface area contributed by atoms with Gasteiger partial charge in [-0.15, -0.1) is 0 Å². The fraction of sp³-hybridized carbons (Fsp3) is 0.182. The van der Waals surface area contributed by atoms with Crippen molar-refractivity contribution in [1.29, 1.82) is 0 Å². The summed E-state index contributed by atoms with van der Waals surface area (Å²) in [6, 6.07) is 14.2. The van der Waals surface area contributed by atoms with E-state index in [0.29, 0.717) is 11.4 Å². The molecule has 1 amide bonds.